The summed E-state index contributed by atoms with van der Waals surface area (Å²) in [6, 6.07) is 19.3. The van der Waals surface area contributed by atoms with E-state index >= 15 is 0 Å². The molecular weight excluding hydrogens is 384 g/mol. The quantitative estimate of drug-likeness (QED) is 0.494. The molecule has 0 bridgehead atoms. The number of benzene rings is 2. The second-order valence-electron chi connectivity index (χ2n) is 6.42. The van der Waals surface area contributed by atoms with Crippen molar-refractivity contribution in [1.29, 1.82) is 0 Å². The molecule has 0 unspecified atom stereocenters. The molecule has 29 heavy (non-hydrogen) atoms. The summed E-state index contributed by atoms with van der Waals surface area (Å²) < 4.78 is 1.35. The molecule has 5 aromatic rings. The van der Waals surface area contributed by atoms with Crippen LogP contribution in [0.1, 0.15) is 10.4 Å². The van der Waals surface area contributed by atoms with Crippen molar-refractivity contribution in [3.63, 3.8) is 0 Å². The Morgan fingerprint density at radius 1 is 1.00 bits per heavy atom. The molecule has 6 nitrogen and oxygen atoms in total. The van der Waals surface area contributed by atoms with Gasteiger partial charge in [-0.25, -0.2) is 9.97 Å². The smallest absolute Gasteiger partial charge is 0.270 e. The van der Waals surface area contributed by atoms with Crippen LogP contribution in [-0.2, 0) is 0 Å². The number of hydrogen-bond donors (Lipinski definition) is 1. The predicted octanol–water partition coefficient (Wildman–Crippen LogP) is 4.22. The molecule has 2 aromatic carbocycles. The number of carbonyl (C=O) groups is 1. The topological polar surface area (TPSA) is 76.4 Å². The van der Waals surface area contributed by atoms with E-state index in [9.17, 15) is 9.59 Å². The van der Waals surface area contributed by atoms with Gasteiger partial charge >= 0.3 is 0 Å². The minimum absolute atomic E-state index is 0.0318. The highest BCUT2D eigenvalue weighted by Crippen LogP contribution is 2.31. The van der Waals surface area contributed by atoms with Crippen LogP contribution < -0.4 is 10.9 Å². The highest BCUT2D eigenvalue weighted by molar-refractivity contribution is 7.14. The van der Waals surface area contributed by atoms with Gasteiger partial charge < -0.3 is 0 Å². The summed E-state index contributed by atoms with van der Waals surface area (Å²) in [5.74, 6) is -0.528. The van der Waals surface area contributed by atoms with E-state index in [0.717, 1.165) is 22.0 Å². The van der Waals surface area contributed by atoms with E-state index in [-0.39, 0.29) is 5.56 Å². The standard InChI is InChI=1S/C22H14N4O2S/c27-20(17-12-23-19-10-3-4-11-26(19)21(17)28)25-22-24-18(13-29-22)16-9-5-7-14-6-1-2-8-15(14)16/h1-13H,(H,24,25,27). The van der Waals surface area contributed by atoms with Crippen molar-refractivity contribution in [2.75, 3.05) is 5.32 Å². The first kappa shape index (κ1) is 17.3. The van der Waals surface area contributed by atoms with Crippen LogP contribution in [0, 0.1) is 0 Å². The van der Waals surface area contributed by atoms with Crippen molar-refractivity contribution in [1.82, 2.24) is 14.4 Å². The van der Waals surface area contributed by atoms with Gasteiger partial charge in [0.25, 0.3) is 11.5 Å². The Morgan fingerprint density at radius 2 is 1.83 bits per heavy atom. The third-order valence-corrected chi connectivity index (χ3v) is 5.41. The first-order chi connectivity index (χ1) is 14.2. The van der Waals surface area contributed by atoms with Gasteiger partial charge in [-0.05, 0) is 22.9 Å². The van der Waals surface area contributed by atoms with E-state index in [4.69, 9.17) is 0 Å². The molecule has 0 aliphatic rings. The SMILES string of the molecule is O=C(Nc1nc(-c2cccc3ccccc23)cs1)c1cnc2ccccn2c1=O. The summed E-state index contributed by atoms with van der Waals surface area (Å²) in [7, 11) is 0. The number of nitrogens with one attached hydrogen (secondary N) is 1. The zero-order chi connectivity index (χ0) is 19.8. The maximum Gasteiger partial charge on any atom is 0.270 e. The van der Waals surface area contributed by atoms with Gasteiger partial charge in [-0.2, -0.15) is 0 Å². The van der Waals surface area contributed by atoms with Crippen LogP contribution in [0.2, 0.25) is 0 Å². The van der Waals surface area contributed by atoms with Crippen LogP contribution >= 0.6 is 11.3 Å². The number of rotatable bonds is 3. The lowest BCUT2D eigenvalue weighted by atomic mass is 10.0. The van der Waals surface area contributed by atoms with Gasteiger partial charge in [-0.15, -0.1) is 11.3 Å². The molecule has 7 heteroatoms. The molecule has 3 aromatic heterocycles. The van der Waals surface area contributed by atoms with Crippen LogP contribution in [0.15, 0.2) is 83.2 Å². The summed E-state index contributed by atoms with van der Waals surface area (Å²) in [5.41, 5.74) is 1.80. The molecule has 0 spiro atoms. The minimum Gasteiger partial charge on any atom is -0.298 e. The first-order valence-electron chi connectivity index (χ1n) is 8.92. The van der Waals surface area contributed by atoms with Crippen molar-refractivity contribution in [3.8, 4) is 11.3 Å². The maximum absolute atomic E-state index is 12.6. The third-order valence-electron chi connectivity index (χ3n) is 4.65. The summed E-state index contributed by atoms with van der Waals surface area (Å²) >= 11 is 1.31. The molecule has 0 saturated heterocycles. The lowest BCUT2D eigenvalue weighted by Crippen LogP contribution is -2.26. The van der Waals surface area contributed by atoms with Crippen LogP contribution in [0.4, 0.5) is 5.13 Å². The number of hydrogen-bond acceptors (Lipinski definition) is 5. The summed E-state index contributed by atoms with van der Waals surface area (Å²) in [6.45, 7) is 0. The molecule has 3 heterocycles. The van der Waals surface area contributed by atoms with Gasteiger partial charge in [-0.3, -0.25) is 19.3 Å². The van der Waals surface area contributed by atoms with E-state index < -0.39 is 11.5 Å². The normalized spacial score (nSPS) is 11.0. The van der Waals surface area contributed by atoms with Crippen molar-refractivity contribution >= 4 is 38.8 Å². The zero-order valence-electron chi connectivity index (χ0n) is 15.1. The average Bonchev–Trinajstić information content (AvgIpc) is 3.22. The fraction of sp³-hybridized carbons (Fsp3) is 0. The van der Waals surface area contributed by atoms with Crippen molar-refractivity contribution in [2.45, 2.75) is 0 Å². The lowest BCUT2D eigenvalue weighted by Gasteiger charge is -2.04. The molecule has 0 aliphatic carbocycles. The van der Waals surface area contributed by atoms with Crippen molar-refractivity contribution in [3.05, 3.63) is 94.4 Å². The number of aromatic nitrogens is 3. The Balaban J connectivity index is 1.47. The molecule has 140 valence electrons. The third kappa shape index (κ3) is 3.07. The summed E-state index contributed by atoms with van der Waals surface area (Å²) in [5, 5.41) is 7.25. The second-order valence-corrected chi connectivity index (χ2v) is 7.28. The Bertz CT molecular complexity index is 1430. The Morgan fingerprint density at radius 3 is 2.76 bits per heavy atom. The van der Waals surface area contributed by atoms with E-state index in [1.54, 1.807) is 24.4 Å². The van der Waals surface area contributed by atoms with E-state index in [0.29, 0.717) is 10.8 Å². The molecular formula is C22H14N4O2S. The highest BCUT2D eigenvalue weighted by Gasteiger charge is 2.16. The highest BCUT2D eigenvalue weighted by atomic mass is 32.1. The van der Waals surface area contributed by atoms with Gasteiger partial charge in [0.2, 0.25) is 0 Å². The number of pyridine rings is 1. The number of thiazole rings is 1. The molecule has 5 rings (SSSR count). The Labute approximate surface area is 169 Å². The van der Waals surface area contributed by atoms with Crippen LogP contribution in [-0.4, -0.2) is 20.3 Å². The molecule has 1 N–H and O–H groups in total. The van der Waals surface area contributed by atoms with E-state index in [2.05, 4.69) is 15.3 Å². The maximum atomic E-state index is 12.6. The second kappa shape index (κ2) is 6.96. The summed E-state index contributed by atoms with van der Waals surface area (Å²) in [4.78, 5) is 33.9. The molecule has 0 fully saturated rings. The predicted molar refractivity (Wildman–Crippen MR) is 114 cm³/mol. The Kier molecular flexibility index (Phi) is 4.14. The summed E-state index contributed by atoms with van der Waals surface area (Å²) in [6.07, 6.45) is 2.88. The molecule has 0 saturated carbocycles. The van der Waals surface area contributed by atoms with E-state index in [1.165, 1.54) is 21.9 Å². The van der Waals surface area contributed by atoms with Crippen LogP contribution in [0.3, 0.4) is 0 Å². The van der Waals surface area contributed by atoms with E-state index in [1.807, 2.05) is 47.8 Å². The largest absolute Gasteiger partial charge is 0.298 e. The van der Waals surface area contributed by atoms with Crippen molar-refractivity contribution < 1.29 is 4.79 Å². The lowest BCUT2D eigenvalue weighted by molar-refractivity contribution is 0.102. The van der Waals surface area contributed by atoms with Gasteiger partial charge in [0.05, 0.1) is 5.69 Å². The van der Waals surface area contributed by atoms with Crippen LogP contribution in [0.5, 0.6) is 0 Å². The van der Waals surface area contributed by atoms with Crippen molar-refractivity contribution in [2.24, 2.45) is 0 Å². The number of amides is 1. The molecule has 0 atom stereocenters. The number of fused-ring (bicyclic) bond motifs is 2. The molecule has 0 aliphatic heterocycles. The van der Waals surface area contributed by atoms with Gasteiger partial charge in [0, 0.05) is 23.3 Å². The number of nitrogens with zero attached hydrogens (tertiary/aromatic N) is 3. The zero-order valence-corrected chi connectivity index (χ0v) is 15.9. The monoisotopic (exact) mass is 398 g/mol. The van der Waals surface area contributed by atoms with Gasteiger partial charge in [0.1, 0.15) is 11.2 Å². The molecule has 0 radical (unpaired) electrons. The fourth-order valence-corrected chi connectivity index (χ4v) is 3.96. The average molecular weight is 398 g/mol. The first-order valence-corrected chi connectivity index (χ1v) is 9.80. The fourth-order valence-electron chi connectivity index (χ4n) is 3.25. The number of carbonyl (C=O) groups excluding carboxylic acids is 1. The molecule has 1 amide bonds. The van der Waals surface area contributed by atoms with Crippen LogP contribution in [0.25, 0.3) is 27.7 Å². The Hall–Kier alpha value is -3.84. The van der Waals surface area contributed by atoms with Gasteiger partial charge in [-0.1, -0.05) is 48.5 Å². The number of anilines is 1. The van der Waals surface area contributed by atoms with Gasteiger partial charge in [0.15, 0.2) is 5.13 Å². The minimum atomic E-state index is -0.528.